The Kier molecular flexibility index (Phi) is 3.80. The molecule has 3 saturated carbocycles. The Bertz CT molecular complexity index is 1070. The Balaban J connectivity index is 1.15. The number of fused-ring (bicyclic) bond motifs is 1. The number of nitrogens with zero attached hydrogens (tertiary/aromatic N) is 4. The lowest BCUT2D eigenvalue weighted by Crippen LogP contribution is -2.71. The van der Waals surface area contributed by atoms with E-state index in [0.717, 1.165) is 19.3 Å². The monoisotopic (exact) mass is 401 g/mol. The molecule has 3 aliphatic rings. The van der Waals surface area contributed by atoms with Crippen molar-refractivity contribution in [3.05, 3.63) is 47.8 Å². The molecule has 1 N–H and O–H groups in total. The van der Waals surface area contributed by atoms with Crippen LogP contribution in [0.15, 0.2) is 36.9 Å². The van der Waals surface area contributed by atoms with E-state index in [1.165, 1.54) is 12.1 Å². The number of carbonyl (C=O) groups excluding carboxylic acids is 1. The summed E-state index contributed by atoms with van der Waals surface area (Å²) in [5.41, 5.74) is 0.722. The Labute approximate surface area is 164 Å². The van der Waals surface area contributed by atoms with Gasteiger partial charge in [-0.25, -0.2) is 9.37 Å². The molecule has 9 heteroatoms. The standard InChI is InChI=1S/C19H17ClFN5O2/c20-14-2-1-13(5-15(14)21)28-7-12(27)6-18-8-19(9-18,10-18)24-16-17-25-23-11-26(17)4-3-22-16/h1-5,11H,6-10H2,(H,22,24). The van der Waals surface area contributed by atoms with Crippen molar-refractivity contribution < 1.29 is 13.9 Å². The van der Waals surface area contributed by atoms with Gasteiger partial charge in [-0.3, -0.25) is 9.20 Å². The molecule has 3 fully saturated rings. The maximum absolute atomic E-state index is 13.4. The first-order valence-electron chi connectivity index (χ1n) is 8.98. The van der Waals surface area contributed by atoms with Gasteiger partial charge < -0.3 is 10.1 Å². The van der Waals surface area contributed by atoms with Crippen LogP contribution in [-0.4, -0.2) is 37.5 Å². The molecule has 7 nitrogen and oxygen atoms in total. The van der Waals surface area contributed by atoms with Gasteiger partial charge in [-0.15, -0.1) is 10.2 Å². The Morgan fingerprint density at radius 1 is 1.36 bits per heavy atom. The van der Waals surface area contributed by atoms with E-state index in [2.05, 4.69) is 20.5 Å². The highest BCUT2D eigenvalue weighted by Gasteiger charge is 2.68. The number of hydrogen-bond donors (Lipinski definition) is 1. The van der Waals surface area contributed by atoms with Crippen LogP contribution in [-0.2, 0) is 4.79 Å². The van der Waals surface area contributed by atoms with Gasteiger partial charge in [-0.1, -0.05) is 11.6 Å². The predicted molar refractivity (Wildman–Crippen MR) is 99.9 cm³/mol. The predicted octanol–water partition coefficient (Wildman–Crippen LogP) is 3.29. The van der Waals surface area contributed by atoms with Crippen molar-refractivity contribution >= 4 is 28.8 Å². The summed E-state index contributed by atoms with van der Waals surface area (Å²) in [4.78, 5) is 16.7. The molecule has 3 aromatic rings. The van der Waals surface area contributed by atoms with Gasteiger partial charge in [0.25, 0.3) is 0 Å². The molecule has 144 valence electrons. The number of benzene rings is 1. The maximum Gasteiger partial charge on any atom is 0.203 e. The third kappa shape index (κ3) is 2.88. The highest BCUT2D eigenvalue weighted by molar-refractivity contribution is 6.30. The topological polar surface area (TPSA) is 81.4 Å². The largest absolute Gasteiger partial charge is 0.486 e. The molecular formula is C19H17ClFN5O2. The van der Waals surface area contributed by atoms with Gasteiger partial charge in [0.15, 0.2) is 11.6 Å². The Hall–Kier alpha value is -2.74. The third-order valence-electron chi connectivity index (χ3n) is 5.60. The first kappa shape index (κ1) is 17.4. The molecule has 2 heterocycles. The van der Waals surface area contributed by atoms with Gasteiger partial charge >= 0.3 is 0 Å². The Morgan fingerprint density at radius 2 is 2.18 bits per heavy atom. The molecule has 28 heavy (non-hydrogen) atoms. The molecule has 0 saturated heterocycles. The lowest BCUT2D eigenvalue weighted by Gasteiger charge is -2.70. The summed E-state index contributed by atoms with van der Waals surface area (Å²) in [5.74, 6) is 0.475. The highest BCUT2D eigenvalue weighted by atomic mass is 35.5. The van der Waals surface area contributed by atoms with Gasteiger partial charge in [0, 0.05) is 30.4 Å². The summed E-state index contributed by atoms with van der Waals surface area (Å²) in [6, 6.07) is 4.15. The maximum atomic E-state index is 13.4. The van der Waals surface area contributed by atoms with Gasteiger partial charge in [0.05, 0.1) is 5.02 Å². The highest BCUT2D eigenvalue weighted by Crippen LogP contribution is 2.70. The van der Waals surface area contributed by atoms with E-state index in [0.29, 0.717) is 23.6 Å². The molecule has 0 spiro atoms. The zero-order valence-corrected chi connectivity index (χ0v) is 15.6. The lowest BCUT2D eigenvalue weighted by molar-refractivity contribution is -0.147. The number of carbonyl (C=O) groups is 1. The second kappa shape index (κ2) is 6.13. The SMILES string of the molecule is O=C(COc1ccc(Cl)c(F)c1)CC12CC(Nc3nccn4cnnc34)(C1)C2. The van der Waals surface area contributed by atoms with Gasteiger partial charge in [-0.05, 0) is 36.8 Å². The van der Waals surface area contributed by atoms with Crippen LogP contribution in [0.2, 0.25) is 5.02 Å². The number of Topliss-reactive ketones (excluding diaryl/α,β-unsaturated/α-hetero) is 1. The molecule has 2 aromatic heterocycles. The fourth-order valence-electron chi connectivity index (χ4n) is 4.62. The van der Waals surface area contributed by atoms with Crippen LogP contribution in [0.25, 0.3) is 5.65 Å². The molecule has 6 rings (SSSR count). The lowest BCUT2D eigenvalue weighted by atomic mass is 9.38. The quantitative estimate of drug-likeness (QED) is 0.654. The molecule has 2 bridgehead atoms. The summed E-state index contributed by atoms with van der Waals surface area (Å²) in [5, 5.41) is 11.5. The minimum absolute atomic E-state index is 0.0127. The van der Waals surface area contributed by atoms with Crippen molar-refractivity contribution in [2.24, 2.45) is 5.41 Å². The van der Waals surface area contributed by atoms with Crippen LogP contribution in [0.4, 0.5) is 10.2 Å². The summed E-state index contributed by atoms with van der Waals surface area (Å²) in [6.45, 7) is -0.0656. The Morgan fingerprint density at radius 3 is 2.96 bits per heavy atom. The van der Waals surface area contributed by atoms with Crippen LogP contribution in [0, 0.1) is 11.2 Å². The number of ether oxygens (including phenoxy) is 1. The molecule has 3 aliphatic carbocycles. The number of halogens is 2. The molecule has 0 amide bonds. The third-order valence-corrected chi connectivity index (χ3v) is 5.91. The number of rotatable bonds is 7. The van der Waals surface area contributed by atoms with E-state index in [1.807, 2.05) is 4.40 Å². The zero-order chi connectivity index (χ0) is 19.4. The van der Waals surface area contributed by atoms with Crippen LogP contribution >= 0.6 is 11.6 Å². The van der Waals surface area contributed by atoms with E-state index in [4.69, 9.17) is 16.3 Å². The van der Waals surface area contributed by atoms with Crippen molar-refractivity contribution in [3.8, 4) is 5.75 Å². The van der Waals surface area contributed by atoms with Crippen LogP contribution in [0.1, 0.15) is 25.7 Å². The van der Waals surface area contributed by atoms with Crippen LogP contribution < -0.4 is 10.1 Å². The summed E-state index contributed by atoms with van der Waals surface area (Å²) in [6.07, 6.45) is 8.36. The minimum Gasteiger partial charge on any atom is -0.486 e. The minimum atomic E-state index is -0.560. The number of nitrogens with one attached hydrogen (secondary N) is 1. The zero-order valence-electron chi connectivity index (χ0n) is 14.9. The van der Waals surface area contributed by atoms with E-state index in [9.17, 15) is 9.18 Å². The second-order valence-electron chi connectivity index (χ2n) is 7.85. The fourth-order valence-corrected chi connectivity index (χ4v) is 4.73. The van der Waals surface area contributed by atoms with Crippen molar-refractivity contribution in [1.82, 2.24) is 19.6 Å². The normalized spacial score (nSPS) is 25.1. The summed E-state index contributed by atoms with van der Waals surface area (Å²) in [7, 11) is 0. The first-order valence-corrected chi connectivity index (χ1v) is 9.36. The van der Waals surface area contributed by atoms with Crippen molar-refractivity contribution in [3.63, 3.8) is 0 Å². The van der Waals surface area contributed by atoms with Crippen LogP contribution in [0.3, 0.4) is 0 Å². The molecule has 1 aromatic carbocycles. The number of aromatic nitrogens is 4. The average molecular weight is 402 g/mol. The number of anilines is 1. The smallest absolute Gasteiger partial charge is 0.203 e. The first-order chi connectivity index (χ1) is 13.5. The second-order valence-corrected chi connectivity index (χ2v) is 8.26. The van der Waals surface area contributed by atoms with E-state index >= 15 is 0 Å². The summed E-state index contributed by atoms with van der Waals surface area (Å²) >= 11 is 5.64. The molecule has 0 radical (unpaired) electrons. The number of ketones is 1. The molecule has 0 atom stereocenters. The van der Waals surface area contributed by atoms with Gasteiger partial charge in [0.2, 0.25) is 5.65 Å². The van der Waals surface area contributed by atoms with Gasteiger partial charge in [-0.2, -0.15) is 0 Å². The van der Waals surface area contributed by atoms with Crippen molar-refractivity contribution in [2.75, 3.05) is 11.9 Å². The van der Waals surface area contributed by atoms with Crippen molar-refractivity contribution in [2.45, 2.75) is 31.2 Å². The fraction of sp³-hybridized carbons (Fsp3) is 0.368. The van der Waals surface area contributed by atoms with E-state index in [-0.39, 0.29) is 28.4 Å². The average Bonchev–Trinajstić information content (AvgIpc) is 3.09. The molecule has 0 unspecified atom stereocenters. The van der Waals surface area contributed by atoms with Gasteiger partial charge in [0.1, 0.15) is 24.5 Å². The molecule has 0 aliphatic heterocycles. The number of hydrogen-bond acceptors (Lipinski definition) is 6. The molecular weight excluding hydrogens is 385 g/mol. The van der Waals surface area contributed by atoms with E-state index < -0.39 is 5.82 Å². The van der Waals surface area contributed by atoms with E-state index in [1.54, 1.807) is 24.8 Å². The summed E-state index contributed by atoms with van der Waals surface area (Å²) < 4.78 is 20.6. The van der Waals surface area contributed by atoms with Crippen LogP contribution in [0.5, 0.6) is 5.75 Å². The van der Waals surface area contributed by atoms with Crippen molar-refractivity contribution in [1.29, 1.82) is 0 Å².